The van der Waals surface area contributed by atoms with Crippen molar-refractivity contribution in [3.8, 4) is 0 Å². The molecule has 1 aliphatic heterocycles. The largest absolute Gasteiger partial charge is 0.486 e. The molecule has 1 saturated heterocycles. The van der Waals surface area contributed by atoms with Crippen LogP contribution in [0.4, 0.5) is 0 Å². The minimum absolute atomic E-state index is 0.330. The van der Waals surface area contributed by atoms with Crippen molar-refractivity contribution >= 4 is 24.8 Å². The molecule has 4 nitrogen and oxygen atoms in total. The summed E-state index contributed by atoms with van der Waals surface area (Å²) >= 11 is 1.37. The van der Waals surface area contributed by atoms with Crippen molar-refractivity contribution in [2.24, 2.45) is 0 Å². The molecule has 0 aliphatic carbocycles. The summed E-state index contributed by atoms with van der Waals surface area (Å²) in [5, 5.41) is 8.34. The van der Waals surface area contributed by atoms with Gasteiger partial charge in [-0.25, -0.2) is 0 Å². The lowest BCUT2D eigenvalue weighted by atomic mass is 9.90. The van der Waals surface area contributed by atoms with Gasteiger partial charge in [0.2, 0.25) is 0 Å². The zero-order valence-corrected chi connectivity index (χ0v) is 12.4. The molecule has 0 aromatic carbocycles. The first kappa shape index (κ1) is 15.6. The van der Waals surface area contributed by atoms with E-state index in [0.717, 1.165) is 0 Å². The van der Waals surface area contributed by atoms with Gasteiger partial charge in [0.1, 0.15) is 0 Å². The van der Waals surface area contributed by atoms with Gasteiger partial charge < -0.3 is 14.4 Å². The fraction of sp³-hybridized carbons (Fsp3) is 0.750. The van der Waals surface area contributed by atoms with Crippen LogP contribution >= 0.6 is 11.8 Å². The van der Waals surface area contributed by atoms with Crippen LogP contribution in [0.3, 0.4) is 0 Å². The van der Waals surface area contributed by atoms with Gasteiger partial charge in [0.05, 0.1) is 16.5 Å². The zero-order valence-electron chi connectivity index (χ0n) is 11.6. The van der Waals surface area contributed by atoms with Gasteiger partial charge in [0.15, 0.2) is 0 Å². The Hall–Kier alpha value is -0.455. The third-order valence-corrected chi connectivity index (χ3v) is 4.44. The summed E-state index contributed by atoms with van der Waals surface area (Å²) in [5.41, 5.74) is -0.660. The van der Waals surface area contributed by atoms with E-state index in [-0.39, 0.29) is 18.3 Å². The Morgan fingerprint density at radius 3 is 2.28 bits per heavy atom. The molecule has 0 amide bonds. The summed E-state index contributed by atoms with van der Waals surface area (Å²) in [5.74, 6) is 1.69. The minimum atomic E-state index is -0.788. The van der Waals surface area contributed by atoms with Crippen LogP contribution in [0.25, 0.3) is 0 Å². The van der Waals surface area contributed by atoms with Gasteiger partial charge in [-0.2, -0.15) is 0 Å². The molecule has 1 unspecified atom stereocenters. The van der Waals surface area contributed by atoms with Crippen molar-refractivity contribution in [2.75, 3.05) is 5.75 Å². The summed E-state index contributed by atoms with van der Waals surface area (Å²) in [6, 6.07) is 0. The van der Waals surface area contributed by atoms with Crippen molar-refractivity contribution < 1.29 is 19.2 Å². The zero-order chi connectivity index (χ0) is 14.0. The van der Waals surface area contributed by atoms with Gasteiger partial charge in [-0.05, 0) is 34.6 Å². The lowest BCUT2D eigenvalue weighted by Crippen LogP contribution is -2.41. The highest BCUT2D eigenvalue weighted by molar-refractivity contribution is 8.00. The van der Waals surface area contributed by atoms with Gasteiger partial charge in [-0.1, -0.05) is 12.1 Å². The fourth-order valence-electron chi connectivity index (χ4n) is 1.41. The van der Waals surface area contributed by atoms with E-state index in [4.69, 9.17) is 14.4 Å². The maximum Gasteiger partial charge on any atom is 0.486 e. The molecule has 1 heterocycles. The second-order valence-electron chi connectivity index (χ2n) is 5.37. The third kappa shape index (κ3) is 3.77. The number of rotatable bonds is 5. The van der Waals surface area contributed by atoms with Crippen LogP contribution in [0, 0.1) is 0 Å². The minimum Gasteiger partial charge on any atom is -0.480 e. The molecule has 0 bridgehead atoms. The van der Waals surface area contributed by atoms with Crippen molar-refractivity contribution in [2.45, 2.75) is 51.1 Å². The molecule has 18 heavy (non-hydrogen) atoms. The van der Waals surface area contributed by atoms with Crippen LogP contribution in [0.2, 0.25) is 0 Å². The Kier molecular flexibility index (Phi) is 4.92. The molecular weight excluding hydrogens is 251 g/mol. The summed E-state index contributed by atoms with van der Waals surface area (Å²) in [6.45, 7) is 9.68. The topological polar surface area (TPSA) is 55.8 Å². The van der Waals surface area contributed by atoms with E-state index in [9.17, 15) is 4.79 Å². The van der Waals surface area contributed by atoms with E-state index in [1.807, 2.05) is 39.7 Å². The highest BCUT2D eigenvalue weighted by Gasteiger charge is 2.49. The van der Waals surface area contributed by atoms with Crippen molar-refractivity contribution in [3.05, 3.63) is 12.1 Å². The molecule has 1 N–H and O–H groups in total. The van der Waals surface area contributed by atoms with Gasteiger partial charge in [0, 0.05) is 5.75 Å². The lowest BCUT2D eigenvalue weighted by Gasteiger charge is -2.32. The van der Waals surface area contributed by atoms with Gasteiger partial charge >= 0.3 is 13.1 Å². The average molecular weight is 272 g/mol. The first-order valence-corrected chi connectivity index (χ1v) is 7.07. The van der Waals surface area contributed by atoms with E-state index in [0.29, 0.717) is 5.75 Å². The monoisotopic (exact) mass is 272 g/mol. The molecule has 0 aromatic heterocycles. The highest BCUT2D eigenvalue weighted by atomic mass is 32.2. The van der Waals surface area contributed by atoms with Crippen LogP contribution in [0.1, 0.15) is 34.6 Å². The molecule has 102 valence electrons. The molecule has 1 aliphatic rings. The average Bonchev–Trinajstić information content (AvgIpc) is 2.42. The highest BCUT2D eigenvalue weighted by Crippen LogP contribution is 2.36. The van der Waals surface area contributed by atoms with E-state index >= 15 is 0 Å². The van der Waals surface area contributed by atoms with Crippen LogP contribution in [0.15, 0.2) is 12.1 Å². The molecule has 6 heteroatoms. The number of aliphatic carboxylic acids is 1. The van der Waals surface area contributed by atoms with Crippen LogP contribution in [-0.2, 0) is 14.1 Å². The van der Waals surface area contributed by atoms with E-state index < -0.39 is 11.2 Å². The Morgan fingerprint density at radius 1 is 1.33 bits per heavy atom. The number of carboxylic acid groups (broad SMARTS) is 1. The molecule has 0 saturated carbocycles. The number of carbonyl (C=O) groups is 1. The molecule has 1 atom stereocenters. The Morgan fingerprint density at radius 2 is 1.83 bits per heavy atom. The second-order valence-corrected chi connectivity index (χ2v) is 6.74. The van der Waals surface area contributed by atoms with Crippen molar-refractivity contribution in [1.82, 2.24) is 0 Å². The maximum absolute atomic E-state index is 10.6. The van der Waals surface area contributed by atoms with E-state index in [1.165, 1.54) is 11.8 Å². The lowest BCUT2D eigenvalue weighted by molar-refractivity contribution is -0.136. The summed E-state index contributed by atoms with van der Waals surface area (Å²) < 4.78 is 11.6. The summed E-state index contributed by atoms with van der Waals surface area (Å²) in [7, 11) is -0.351. The SMILES string of the molecule is CC(SC/C=C/B1OC(C)(C)C(C)(C)O1)C(=O)O. The second kappa shape index (κ2) is 5.67. The molecule has 0 aromatic rings. The van der Waals surface area contributed by atoms with Crippen molar-refractivity contribution in [1.29, 1.82) is 0 Å². The van der Waals surface area contributed by atoms with E-state index in [2.05, 4.69) is 0 Å². The third-order valence-electron chi connectivity index (χ3n) is 3.35. The summed E-state index contributed by atoms with van der Waals surface area (Å²) in [4.78, 5) is 10.6. The van der Waals surface area contributed by atoms with Crippen LogP contribution in [0.5, 0.6) is 0 Å². The van der Waals surface area contributed by atoms with Gasteiger partial charge in [0.25, 0.3) is 0 Å². The Labute approximate surface area is 113 Å². The first-order valence-electron chi connectivity index (χ1n) is 6.02. The predicted octanol–water partition coefficient (Wildman–Crippen LogP) is 2.38. The molecular formula is C12H21BO4S. The number of hydrogen-bond donors (Lipinski definition) is 1. The fourth-order valence-corrected chi connectivity index (χ4v) is 2.06. The van der Waals surface area contributed by atoms with Crippen LogP contribution in [-0.4, -0.2) is 40.4 Å². The molecule has 1 fully saturated rings. The molecule has 1 rings (SSSR count). The van der Waals surface area contributed by atoms with E-state index in [1.54, 1.807) is 6.92 Å². The smallest absolute Gasteiger partial charge is 0.480 e. The number of thioether (sulfide) groups is 1. The maximum atomic E-state index is 10.6. The van der Waals surface area contributed by atoms with Gasteiger partial charge in [-0.3, -0.25) is 4.79 Å². The van der Waals surface area contributed by atoms with Crippen LogP contribution < -0.4 is 0 Å². The number of hydrogen-bond acceptors (Lipinski definition) is 4. The Bertz CT molecular complexity index is 325. The summed E-state index contributed by atoms with van der Waals surface area (Å²) in [6.07, 6.45) is 1.90. The van der Waals surface area contributed by atoms with Crippen molar-refractivity contribution in [3.63, 3.8) is 0 Å². The molecule has 0 spiro atoms. The Balaban J connectivity index is 2.39. The normalized spacial score (nSPS) is 23.5. The quantitative estimate of drug-likeness (QED) is 0.779. The first-order chi connectivity index (χ1) is 8.16. The molecule has 0 radical (unpaired) electrons. The standard InChI is InChI=1S/C12H21BO4S/c1-9(10(14)15)18-8-6-7-13-16-11(2,3)12(4,5)17-13/h6-7,9H,8H2,1-5H3,(H,14,15)/b7-6+. The van der Waals surface area contributed by atoms with Gasteiger partial charge in [-0.15, -0.1) is 11.8 Å². The number of carboxylic acids is 1. The predicted molar refractivity (Wildman–Crippen MR) is 74.8 cm³/mol.